The third-order valence-corrected chi connectivity index (χ3v) is 0.983. The second-order valence-corrected chi connectivity index (χ2v) is 1.89. The van der Waals surface area contributed by atoms with E-state index in [9.17, 15) is 9.18 Å². The second-order valence-electron chi connectivity index (χ2n) is 1.89. The molecular formula is C6H5FN2O2. The molecule has 0 fully saturated rings. The van der Waals surface area contributed by atoms with Crippen molar-refractivity contribution in [3.8, 4) is 0 Å². The average molecular weight is 156 g/mol. The minimum Gasteiger partial charge on any atom is -0.481 e. The number of hydrogen-bond acceptors (Lipinski definition) is 3. The molecule has 5 heteroatoms. The third-order valence-electron chi connectivity index (χ3n) is 0.983. The molecule has 0 bridgehead atoms. The first-order valence-electron chi connectivity index (χ1n) is 2.86. The quantitative estimate of drug-likeness (QED) is 0.666. The average Bonchev–Trinajstić information content (AvgIpc) is 1.93. The number of aliphatic carboxylic acids is 1. The number of nitrogens with zero attached hydrogens (tertiary/aromatic N) is 2. The number of carboxylic acids is 1. The van der Waals surface area contributed by atoms with Crippen LogP contribution in [-0.2, 0) is 11.2 Å². The van der Waals surface area contributed by atoms with Gasteiger partial charge in [-0.2, -0.15) is 0 Å². The van der Waals surface area contributed by atoms with Crippen LogP contribution in [0, 0.1) is 5.82 Å². The molecule has 0 spiro atoms. The lowest BCUT2D eigenvalue weighted by Crippen LogP contribution is -2.04. The first kappa shape index (κ1) is 7.59. The predicted molar refractivity (Wildman–Crippen MR) is 33.3 cm³/mol. The van der Waals surface area contributed by atoms with Gasteiger partial charge < -0.3 is 5.11 Å². The zero-order chi connectivity index (χ0) is 8.27. The Morgan fingerprint density at radius 1 is 1.55 bits per heavy atom. The summed E-state index contributed by atoms with van der Waals surface area (Å²) < 4.78 is 12.2. The van der Waals surface area contributed by atoms with Crippen LogP contribution in [0.25, 0.3) is 0 Å². The molecule has 0 radical (unpaired) electrons. The molecule has 0 amide bonds. The van der Waals surface area contributed by atoms with Gasteiger partial charge in [0, 0.05) is 0 Å². The Kier molecular flexibility index (Phi) is 2.10. The summed E-state index contributed by atoms with van der Waals surface area (Å²) in [5, 5.41) is 8.26. The largest absolute Gasteiger partial charge is 0.481 e. The Bertz CT molecular complexity index is 260. The van der Waals surface area contributed by atoms with Gasteiger partial charge in [0.15, 0.2) is 5.82 Å². The molecule has 4 nitrogen and oxygen atoms in total. The molecular weight excluding hydrogens is 151 g/mol. The van der Waals surface area contributed by atoms with Crippen molar-refractivity contribution in [3.63, 3.8) is 0 Å². The summed E-state index contributed by atoms with van der Waals surface area (Å²) in [4.78, 5) is 17.0. The van der Waals surface area contributed by atoms with E-state index in [0.717, 1.165) is 12.4 Å². The minimum atomic E-state index is -1.03. The molecule has 0 aliphatic carbocycles. The molecule has 58 valence electrons. The number of carboxylic acid groups (broad SMARTS) is 1. The van der Waals surface area contributed by atoms with Crippen molar-refractivity contribution in [1.82, 2.24) is 9.97 Å². The smallest absolute Gasteiger partial charge is 0.311 e. The lowest BCUT2D eigenvalue weighted by Gasteiger charge is -1.92. The lowest BCUT2D eigenvalue weighted by atomic mass is 10.4. The van der Waals surface area contributed by atoms with E-state index in [-0.39, 0.29) is 12.2 Å². The molecule has 11 heavy (non-hydrogen) atoms. The standard InChI is InChI=1S/C6H5FN2O2/c7-4-2-8-5(9-3-4)1-6(10)11/h2-3H,1H2,(H,10,11). The van der Waals surface area contributed by atoms with Crippen LogP contribution < -0.4 is 0 Å². The Hall–Kier alpha value is -1.52. The van der Waals surface area contributed by atoms with Crippen LogP contribution in [0.2, 0.25) is 0 Å². The Balaban J connectivity index is 2.74. The van der Waals surface area contributed by atoms with E-state index in [2.05, 4.69) is 9.97 Å². The summed E-state index contributed by atoms with van der Waals surface area (Å²) in [6.07, 6.45) is 1.59. The van der Waals surface area contributed by atoms with Crippen molar-refractivity contribution in [2.45, 2.75) is 6.42 Å². The fourth-order valence-corrected chi connectivity index (χ4v) is 0.566. The van der Waals surface area contributed by atoms with Crippen LogP contribution in [0.5, 0.6) is 0 Å². The summed E-state index contributed by atoms with van der Waals surface area (Å²) in [6, 6.07) is 0. The zero-order valence-corrected chi connectivity index (χ0v) is 5.49. The molecule has 0 saturated carbocycles. The van der Waals surface area contributed by atoms with E-state index < -0.39 is 11.8 Å². The normalized spacial score (nSPS) is 9.55. The van der Waals surface area contributed by atoms with Crippen molar-refractivity contribution in [1.29, 1.82) is 0 Å². The molecule has 1 rings (SSSR count). The van der Waals surface area contributed by atoms with Gasteiger partial charge in [-0.25, -0.2) is 14.4 Å². The summed E-state index contributed by atoms with van der Waals surface area (Å²) >= 11 is 0. The molecule has 1 heterocycles. The van der Waals surface area contributed by atoms with Gasteiger partial charge in [0.25, 0.3) is 0 Å². The van der Waals surface area contributed by atoms with Gasteiger partial charge in [-0.05, 0) is 0 Å². The first-order valence-corrected chi connectivity index (χ1v) is 2.86. The monoisotopic (exact) mass is 156 g/mol. The van der Waals surface area contributed by atoms with E-state index in [1.165, 1.54) is 0 Å². The number of aromatic nitrogens is 2. The highest BCUT2D eigenvalue weighted by Crippen LogP contribution is 1.93. The summed E-state index contributed by atoms with van der Waals surface area (Å²) in [7, 11) is 0. The zero-order valence-electron chi connectivity index (χ0n) is 5.49. The lowest BCUT2D eigenvalue weighted by molar-refractivity contribution is -0.136. The molecule has 0 aromatic carbocycles. The van der Waals surface area contributed by atoms with Crippen LogP contribution in [0.15, 0.2) is 12.4 Å². The van der Waals surface area contributed by atoms with E-state index in [4.69, 9.17) is 5.11 Å². The van der Waals surface area contributed by atoms with Gasteiger partial charge in [0.1, 0.15) is 12.2 Å². The van der Waals surface area contributed by atoms with E-state index in [1.54, 1.807) is 0 Å². The SMILES string of the molecule is O=C(O)Cc1ncc(F)cn1. The fourth-order valence-electron chi connectivity index (χ4n) is 0.566. The number of halogens is 1. The maximum atomic E-state index is 12.2. The Labute approximate surface area is 61.7 Å². The van der Waals surface area contributed by atoms with Crippen LogP contribution >= 0.6 is 0 Å². The van der Waals surface area contributed by atoms with Crippen LogP contribution in [0.4, 0.5) is 4.39 Å². The van der Waals surface area contributed by atoms with Crippen molar-refractivity contribution in [2.75, 3.05) is 0 Å². The van der Waals surface area contributed by atoms with Crippen molar-refractivity contribution in [3.05, 3.63) is 24.0 Å². The minimum absolute atomic E-state index is 0.110. The number of rotatable bonds is 2. The van der Waals surface area contributed by atoms with Crippen LogP contribution in [0.3, 0.4) is 0 Å². The van der Waals surface area contributed by atoms with Gasteiger partial charge in [-0.15, -0.1) is 0 Å². The van der Waals surface area contributed by atoms with Crippen molar-refractivity contribution < 1.29 is 14.3 Å². The van der Waals surface area contributed by atoms with Gasteiger partial charge >= 0.3 is 5.97 Å². The molecule has 1 aromatic heterocycles. The highest BCUT2D eigenvalue weighted by molar-refractivity contribution is 5.68. The van der Waals surface area contributed by atoms with Crippen LogP contribution in [-0.4, -0.2) is 21.0 Å². The molecule has 0 unspecified atom stereocenters. The van der Waals surface area contributed by atoms with Crippen LogP contribution in [0.1, 0.15) is 5.82 Å². The van der Waals surface area contributed by atoms with E-state index in [1.807, 2.05) is 0 Å². The second kappa shape index (κ2) is 3.05. The fraction of sp³-hybridized carbons (Fsp3) is 0.167. The van der Waals surface area contributed by atoms with E-state index in [0.29, 0.717) is 0 Å². The molecule has 0 saturated heterocycles. The van der Waals surface area contributed by atoms with Gasteiger partial charge in [0.2, 0.25) is 0 Å². The molecule has 0 atom stereocenters. The predicted octanol–water partition coefficient (Wildman–Crippen LogP) is 0.243. The highest BCUT2D eigenvalue weighted by atomic mass is 19.1. The number of hydrogen-bond donors (Lipinski definition) is 1. The van der Waals surface area contributed by atoms with Gasteiger partial charge in [-0.3, -0.25) is 4.79 Å². The topological polar surface area (TPSA) is 63.1 Å². The summed E-state index contributed by atoms with van der Waals surface area (Å²) in [6.45, 7) is 0. The third kappa shape index (κ3) is 2.29. The molecule has 1 aromatic rings. The summed E-state index contributed by atoms with van der Waals surface area (Å²) in [5.41, 5.74) is 0. The molecule has 1 N–H and O–H groups in total. The van der Waals surface area contributed by atoms with Crippen molar-refractivity contribution in [2.24, 2.45) is 0 Å². The molecule has 0 aliphatic heterocycles. The van der Waals surface area contributed by atoms with E-state index >= 15 is 0 Å². The first-order chi connectivity index (χ1) is 5.18. The maximum Gasteiger partial charge on any atom is 0.311 e. The van der Waals surface area contributed by atoms with Gasteiger partial charge in [0.05, 0.1) is 12.4 Å². The maximum absolute atomic E-state index is 12.2. The number of carbonyl (C=O) groups is 1. The highest BCUT2D eigenvalue weighted by Gasteiger charge is 2.02. The Morgan fingerprint density at radius 2 is 2.09 bits per heavy atom. The van der Waals surface area contributed by atoms with Crippen molar-refractivity contribution >= 4 is 5.97 Å². The molecule has 0 aliphatic rings. The summed E-state index contributed by atoms with van der Waals surface area (Å²) in [5.74, 6) is -1.49. The van der Waals surface area contributed by atoms with Gasteiger partial charge in [-0.1, -0.05) is 0 Å². The Morgan fingerprint density at radius 3 is 2.55 bits per heavy atom.